The molecule has 0 aliphatic rings. The van der Waals surface area contributed by atoms with Gasteiger partial charge in [0.05, 0.1) is 9.85 Å². The molecule has 0 aliphatic heterocycles. The molecule has 2 aromatic carbocycles. The van der Waals surface area contributed by atoms with Gasteiger partial charge in [-0.1, -0.05) is 12.1 Å². The maximum Gasteiger partial charge on any atom is 0.270 e. The minimum Gasteiger partial charge on any atom is -0.258 e. The minimum absolute atomic E-state index is 0.0310. The highest BCUT2D eigenvalue weighted by atomic mass is 16.6. The molecular weight excluding hydrogens is 260 g/mol. The predicted octanol–water partition coefficient (Wildman–Crippen LogP) is 3.79. The first kappa shape index (κ1) is 13.7. The van der Waals surface area contributed by atoms with E-state index in [1.807, 2.05) is 13.8 Å². The third-order valence-corrected chi connectivity index (χ3v) is 3.15. The highest BCUT2D eigenvalue weighted by molar-refractivity contribution is 5.74. The van der Waals surface area contributed by atoms with Crippen LogP contribution in [0, 0.1) is 34.1 Å². The Balaban J connectivity index is 2.67. The van der Waals surface area contributed by atoms with E-state index in [0.717, 1.165) is 11.1 Å². The summed E-state index contributed by atoms with van der Waals surface area (Å²) >= 11 is 0. The van der Waals surface area contributed by atoms with Gasteiger partial charge in [0.1, 0.15) is 0 Å². The van der Waals surface area contributed by atoms with Gasteiger partial charge < -0.3 is 0 Å². The van der Waals surface area contributed by atoms with E-state index < -0.39 is 9.85 Å². The number of non-ortho nitro benzene ring substituents is 2. The van der Waals surface area contributed by atoms with Crippen LogP contribution in [-0.2, 0) is 0 Å². The molecule has 0 fully saturated rings. The first-order valence-corrected chi connectivity index (χ1v) is 5.90. The van der Waals surface area contributed by atoms with Crippen molar-refractivity contribution in [2.45, 2.75) is 13.8 Å². The van der Waals surface area contributed by atoms with Crippen LogP contribution in [0.4, 0.5) is 11.4 Å². The molecule has 0 heterocycles. The number of benzene rings is 2. The van der Waals surface area contributed by atoms with Crippen LogP contribution in [0.5, 0.6) is 0 Å². The Labute approximate surface area is 115 Å². The number of aryl methyl sites for hydroxylation is 2. The Morgan fingerprint density at radius 1 is 0.750 bits per heavy atom. The third kappa shape index (κ3) is 2.49. The van der Waals surface area contributed by atoms with Gasteiger partial charge in [0.15, 0.2) is 0 Å². The van der Waals surface area contributed by atoms with Gasteiger partial charge in [0.2, 0.25) is 0 Å². The third-order valence-electron chi connectivity index (χ3n) is 3.15. The summed E-state index contributed by atoms with van der Waals surface area (Å²) in [7, 11) is 0. The summed E-state index contributed by atoms with van der Waals surface area (Å²) in [6.07, 6.45) is 0. The Morgan fingerprint density at radius 2 is 1.10 bits per heavy atom. The maximum absolute atomic E-state index is 10.9. The fourth-order valence-electron chi connectivity index (χ4n) is 2.03. The van der Waals surface area contributed by atoms with Crippen molar-refractivity contribution in [3.05, 3.63) is 67.8 Å². The van der Waals surface area contributed by atoms with E-state index in [0.29, 0.717) is 11.1 Å². The van der Waals surface area contributed by atoms with E-state index in [2.05, 4.69) is 0 Å². The fourth-order valence-corrected chi connectivity index (χ4v) is 2.03. The zero-order chi connectivity index (χ0) is 14.9. The maximum atomic E-state index is 10.9. The van der Waals surface area contributed by atoms with Gasteiger partial charge in [-0.15, -0.1) is 0 Å². The zero-order valence-electron chi connectivity index (χ0n) is 11.0. The Morgan fingerprint density at radius 3 is 1.40 bits per heavy atom. The van der Waals surface area contributed by atoms with Crippen LogP contribution in [0.2, 0.25) is 0 Å². The molecule has 0 N–H and O–H groups in total. The predicted molar refractivity (Wildman–Crippen MR) is 74.7 cm³/mol. The summed E-state index contributed by atoms with van der Waals surface area (Å²) < 4.78 is 0. The summed E-state index contributed by atoms with van der Waals surface area (Å²) in [5.41, 5.74) is 2.88. The molecule has 102 valence electrons. The number of hydrogen-bond acceptors (Lipinski definition) is 4. The van der Waals surface area contributed by atoms with Gasteiger partial charge in [0, 0.05) is 24.3 Å². The molecule has 0 atom stereocenters. The van der Waals surface area contributed by atoms with Crippen molar-refractivity contribution in [3.8, 4) is 11.1 Å². The topological polar surface area (TPSA) is 86.3 Å². The van der Waals surface area contributed by atoms with Gasteiger partial charge in [0.25, 0.3) is 11.4 Å². The molecule has 0 aromatic heterocycles. The van der Waals surface area contributed by atoms with Crippen LogP contribution < -0.4 is 0 Å². The summed E-state index contributed by atoms with van der Waals surface area (Å²) in [5.74, 6) is 0. The second-order valence-electron chi connectivity index (χ2n) is 4.51. The lowest BCUT2D eigenvalue weighted by molar-refractivity contribution is -0.385. The van der Waals surface area contributed by atoms with Crippen molar-refractivity contribution in [1.29, 1.82) is 0 Å². The zero-order valence-corrected chi connectivity index (χ0v) is 11.0. The number of rotatable bonds is 3. The Bertz CT molecular complexity index is 649. The lowest BCUT2D eigenvalue weighted by Gasteiger charge is -2.09. The second kappa shape index (κ2) is 5.08. The van der Waals surface area contributed by atoms with Crippen molar-refractivity contribution in [2.24, 2.45) is 0 Å². The van der Waals surface area contributed by atoms with Crippen LogP contribution in [0.1, 0.15) is 11.1 Å². The van der Waals surface area contributed by atoms with Gasteiger partial charge in [-0.2, -0.15) is 0 Å². The van der Waals surface area contributed by atoms with E-state index in [1.54, 1.807) is 12.1 Å². The average molecular weight is 272 g/mol. The Kier molecular flexibility index (Phi) is 3.47. The Hall–Kier alpha value is -2.76. The molecular formula is C14H12N2O4. The second-order valence-corrected chi connectivity index (χ2v) is 4.51. The normalized spacial score (nSPS) is 10.3. The van der Waals surface area contributed by atoms with E-state index in [4.69, 9.17) is 0 Å². The molecule has 6 heteroatoms. The molecule has 0 spiro atoms. The first-order valence-electron chi connectivity index (χ1n) is 5.90. The number of nitrogens with zero attached hydrogens (tertiary/aromatic N) is 2. The lowest BCUT2D eigenvalue weighted by Crippen LogP contribution is -1.94. The number of nitro groups is 2. The summed E-state index contributed by atoms with van der Waals surface area (Å²) in [4.78, 5) is 20.8. The first-order chi connectivity index (χ1) is 9.40. The summed E-state index contributed by atoms with van der Waals surface area (Å²) in [5, 5.41) is 21.7. The van der Waals surface area contributed by atoms with Crippen molar-refractivity contribution in [2.75, 3.05) is 0 Å². The quantitative estimate of drug-likeness (QED) is 0.628. The molecule has 2 rings (SSSR count). The van der Waals surface area contributed by atoms with Crippen LogP contribution in [0.25, 0.3) is 11.1 Å². The molecule has 0 unspecified atom stereocenters. The van der Waals surface area contributed by atoms with Crippen LogP contribution in [0.3, 0.4) is 0 Å². The highest BCUT2D eigenvalue weighted by Crippen LogP contribution is 2.32. The van der Waals surface area contributed by atoms with Crippen LogP contribution in [-0.4, -0.2) is 9.85 Å². The summed E-state index contributed by atoms with van der Waals surface area (Å²) in [6, 6.07) is 9.03. The molecule has 0 bridgehead atoms. The van der Waals surface area contributed by atoms with E-state index in [9.17, 15) is 20.2 Å². The standard InChI is InChI=1S/C14H12N2O4/c1-9-3-5-11(15(17)18)7-13(9)14-8-12(16(19)20)6-4-10(14)2/h3-8H,1-2H3. The summed E-state index contributed by atoms with van der Waals surface area (Å²) in [6.45, 7) is 3.63. The molecule has 20 heavy (non-hydrogen) atoms. The van der Waals surface area contributed by atoms with Crippen molar-refractivity contribution >= 4 is 11.4 Å². The molecule has 0 saturated heterocycles. The van der Waals surface area contributed by atoms with Crippen molar-refractivity contribution in [1.82, 2.24) is 0 Å². The fraction of sp³-hybridized carbons (Fsp3) is 0.143. The van der Waals surface area contributed by atoms with Gasteiger partial charge >= 0.3 is 0 Å². The molecule has 0 saturated carbocycles. The smallest absolute Gasteiger partial charge is 0.258 e. The molecule has 0 aliphatic carbocycles. The molecule has 2 aromatic rings. The SMILES string of the molecule is Cc1ccc([N+](=O)[O-])cc1-c1cc([N+](=O)[O-])ccc1C. The minimum atomic E-state index is -0.477. The molecule has 0 amide bonds. The molecule has 6 nitrogen and oxygen atoms in total. The van der Waals surface area contributed by atoms with E-state index in [1.165, 1.54) is 24.3 Å². The van der Waals surface area contributed by atoms with Crippen molar-refractivity contribution < 1.29 is 9.85 Å². The van der Waals surface area contributed by atoms with Gasteiger partial charge in [-0.25, -0.2) is 0 Å². The van der Waals surface area contributed by atoms with Crippen molar-refractivity contribution in [3.63, 3.8) is 0 Å². The lowest BCUT2D eigenvalue weighted by atomic mass is 9.95. The largest absolute Gasteiger partial charge is 0.270 e. The van der Waals surface area contributed by atoms with Crippen LogP contribution in [0.15, 0.2) is 36.4 Å². The van der Waals surface area contributed by atoms with Gasteiger partial charge in [-0.05, 0) is 36.1 Å². The van der Waals surface area contributed by atoms with E-state index in [-0.39, 0.29) is 11.4 Å². The van der Waals surface area contributed by atoms with Gasteiger partial charge in [-0.3, -0.25) is 20.2 Å². The molecule has 0 radical (unpaired) electrons. The van der Waals surface area contributed by atoms with E-state index >= 15 is 0 Å². The number of nitro benzene ring substituents is 2. The van der Waals surface area contributed by atoms with Crippen LogP contribution >= 0.6 is 0 Å². The number of hydrogen-bond donors (Lipinski definition) is 0. The highest BCUT2D eigenvalue weighted by Gasteiger charge is 2.15. The average Bonchev–Trinajstić information content (AvgIpc) is 2.39. The monoisotopic (exact) mass is 272 g/mol.